The number of carbonyl (C=O) groups excluding carboxylic acids is 1. The summed E-state index contributed by atoms with van der Waals surface area (Å²) < 4.78 is 11.2. The lowest BCUT2D eigenvalue weighted by molar-refractivity contribution is 0.00693. The van der Waals surface area contributed by atoms with Crippen LogP contribution in [-0.4, -0.2) is 18.7 Å². The number of methoxy groups -OCH3 is 1. The summed E-state index contributed by atoms with van der Waals surface area (Å²) in [5.74, 6) is 0.575. The minimum Gasteiger partial charge on any atom is -0.497 e. The fourth-order valence-electron chi connectivity index (χ4n) is 6.06. The van der Waals surface area contributed by atoms with Crippen LogP contribution in [0, 0.1) is 6.92 Å². The Kier molecular flexibility index (Phi) is 7.95. The summed E-state index contributed by atoms with van der Waals surface area (Å²) in [6, 6.07) is 34.2. The number of esters is 1. The van der Waals surface area contributed by atoms with Gasteiger partial charge in [0, 0.05) is 17.6 Å². The van der Waals surface area contributed by atoms with E-state index in [9.17, 15) is 4.79 Å². The van der Waals surface area contributed by atoms with Gasteiger partial charge in [0.05, 0.1) is 18.7 Å². The van der Waals surface area contributed by atoms with Crippen LogP contribution in [0.5, 0.6) is 5.75 Å². The average Bonchev–Trinajstić information content (AvgIpc) is 2.94. The number of hydrogen-bond donors (Lipinski definition) is 0. The number of rotatable bonds is 7. The Labute approximate surface area is 244 Å². The molecule has 0 saturated carbocycles. The molecule has 4 heteroatoms. The zero-order chi connectivity index (χ0) is 29.2. The quantitative estimate of drug-likeness (QED) is 0.217. The van der Waals surface area contributed by atoms with Crippen molar-refractivity contribution in [1.82, 2.24) is 0 Å². The third kappa shape index (κ3) is 6.48. The van der Waals surface area contributed by atoms with Crippen molar-refractivity contribution in [2.45, 2.75) is 71.1 Å². The summed E-state index contributed by atoms with van der Waals surface area (Å²) in [5.41, 5.74) is 7.44. The number of ether oxygens (including phenoxy) is 2. The summed E-state index contributed by atoms with van der Waals surface area (Å²) in [7, 11) is 1.71. The maximum absolute atomic E-state index is 12.9. The van der Waals surface area contributed by atoms with Gasteiger partial charge in [0.2, 0.25) is 0 Å². The van der Waals surface area contributed by atoms with Crippen LogP contribution >= 0.6 is 0 Å². The molecule has 4 aromatic carbocycles. The van der Waals surface area contributed by atoms with E-state index in [4.69, 9.17) is 9.47 Å². The van der Waals surface area contributed by atoms with Gasteiger partial charge in [0.15, 0.2) is 0 Å². The van der Waals surface area contributed by atoms with E-state index in [0.29, 0.717) is 5.56 Å². The molecule has 1 aliphatic heterocycles. The van der Waals surface area contributed by atoms with E-state index in [1.807, 2.05) is 39.0 Å². The second-order valence-corrected chi connectivity index (χ2v) is 12.6. The van der Waals surface area contributed by atoms with Crippen molar-refractivity contribution in [3.8, 4) is 5.75 Å². The number of nitrogens with zero attached hydrogens (tertiary/aromatic N) is 1. The maximum Gasteiger partial charge on any atom is 0.338 e. The van der Waals surface area contributed by atoms with Crippen LogP contribution in [-0.2, 0) is 23.1 Å². The zero-order valence-electron chi connectivity index (χ0n) is 25.1. The fraction of sp³-hybridized carbons (Fsp3) is 0.324. The van der Waals surface area contributed by atoms with Crippen LogP contribution in [0.4, 0.5) is 5.69 Å². The standard InChI is InChI=1S/C37H41NO3/c1-26-15-20-33-32(21-26)37(5,23-28-13-10-14-30(22-28)35(39)41-36(2,3)4)24-34(29-16-18-31(40-6)19-17-29)38(33)25-27-11-8-7-9-12-27/h7-22,34H,23-25H2,1-6H3/t34-,37+/m0/s1. The molecule has 0 unspecified atom stereocenters. The Balaban J connectivity index is 1.57. The minimum absolute atomic E-state index is 0.161. The summed E-state index contributed by atoms with van der Waals surface area (Å²) >= 11 is 0. The Morgan fingerprint density at radius 3 is 2.29 bits per heavy atom. The van der Waals surface area contributed by atoms with Crippen molar-refractivity contribution in [1.29, 1.82) is 0 Å². The molecule has 0 N–H and O–H groups in total. The minimum atomic E-state index is -0.535. The topological polar surface area (TPSA) is 38.8 Å². The molecule has 2 atom stereocenters. The van der Waals surface area contributed by atoms with Crippen molar-refractivity contribution in [2.24, 2.45) is 0 Å². The van der Waals surface area contributed by atoms with Gasteiger partial charge in [0.25, 0.3) is 0 Å². The Morgan fingerprint density at radius 1 is 0.902 bits per heavy atom. The number of hydrogen-bond acceptors (Lipinski definition) is 4. The van der Waals surface area contributed by atoms with Crippen LogP contribution in [0.2, 0.25) is 0 Å². The monoisotopic (exact) mass is 547 g/mol. The van der Waals surface area contributed by atoms with Crippen molar-refractivity contribution < 1.29 is 14.3 Å². The van der Waals surface area contributed by atoms with Crippen molar-refractivity contribution in [3.05, 3.63) is 130 Å². The summed E-state index contributed by atoms with van der Waals surface area (Å²) in [6.45, 7) is 11.1. The molecule has 0 aromatic heterocycles. The largest absolute Gasteiger partial charge is 0.497 e. The molecule has 41 heavy (non-hydrogen) atoms. The zero-order valence-corrected chi connectivity index (χ0v) is 25.1. The van der Waals surface area contributed by atoms with E-state index in [1.165, 1.54) is 27.9 Å². The van der Waals surface area contributed by atoms with Gasteiger partial charge in [-0.3, -0.25) is 0 Å². The summed E-state index contributed by atoms with van der Waals surface area (Å²) in [5, 5.41) is 0. The predicted octanol–water partition coefficient (Wildman–Crippen LogP) is 8.61. The first-order valence-electron chi connectivity index (χ1n) is 14.4. The van der Waals surface area contributed by atoms with Gasteiger partial charge in [-0.15, -0.1) is 0 Å². The molecule has 0 fully saturated rings. The number of anilines is 1. The first-order chi connectivity index (χ1) is 19.5. The second-order valence-electron chi connectivity index (χ2n) is 12.6. The predicted molar refractivity (Wildman–Crippen MR) is 167 cm³/mol. The van der Waals surface area contributed by atoms with Gasteiger partial charge in [-0.05, 0) is 93.1 Å². The van der Waals surface area contributed by atoms with Crippen LogP contribution in [0.25, 0.3) is 0 Å². The normalized spacial score (nSPS) is 18.5. The van der Waals surface area contributed by atoms with Gasteiger partial charge in [-0.2, -0.15) is 0 Å². The molecular formula is C37H41NO3. The summed E-state index contributed by atoms with van der Waals surface area (Å²) in [4.78, 5) is 15.5. The molecule has 0 saturated heterocycles. The molecule has 1 aliphatic rings. The van der Waals surface area contributed by atoms with Gasteiger partial charge in [-0.25, -0.2) is 4.79 Å². The highest BCUT2D eigenvalue weighted by atomic mass is 16.6. The molecule has 1 heterocycles. The molecule has 0 bridgehead atoms. The van der Waals surface area contributed by atoms with Gasteiger partial charge >= 0.3 is 5.97 Å². The maximum atomic E-state index is 12.9. The van der Waals surface area contributed by atoms with E-state index in [2.05, 4.69) is 97.6 Å². The summed E-state index contributed by atoms with van der Waals surface area (Å²) in [6.07, 6.45) is 1.74. The third-order valence-electron chi connectivity index (χ3n) is 7.98. The Hall–Kier alpha value is -4.05. The van der Waals surface area contributed by atoms with Crippen molar-refractivity contribution >= 4 is 11.7 Å². The van der Waals surface area contributed by atoms with E-state index in [-0.39, 0.29) is 17.4 Å². The molecule has 212 valence electrons. The highest BCUT2D eigenvalue weighted by Crippen LogP contribution is 2.50. The van der Waals surface area contributed by atoms with Crippen LogP contribution in [0.3, 0.4) is 0 Å². The number of fused-ring (bicyclic) bond motifs is 1. The van der Waals surface area contributed by atoms with Gasteiger partial charge < -0.3 is 14.4 Å². The highest BCUT2D eigenvalue weighted by Gasteiger charge is 2.41. The van der Waals surface area contributed by atoms with E-state index >= 15 is 0 Å². The lowest BCUT2D eigenvalue weighted by Crippen LogP contribution is -2.42. The van der Waals surface area contributed by atoms with Crippen molar-refractivity contribution in [3.63, 3.8) is 0 Å². The highest BCUT2D eigenvalue weighted by molar-refractivity contribution is 5.89. The molecule has 0 aliphatic carbocycles. The SMILES string of the molecule is COc1ccc([C@@H]2C[C@@](C)(Cc3cccc(C(=O)OC(C)(C)C)c3)c3cc(C)ccc3N2Cc2ccccc2)cc1. The average molecular weight is 548 g/mol. The number of benzene rings is 4. The first-order valence-corrected chi connectivity index (χ1v) is 14.4. The molecule has 0 spiro atoms. The molecule has 5 rings (SSSR count). The number of carbonyl (C=O) groups is 1. The number of aryl methyl sites for hydroxylation is 1. The van der Waals surface area contributed by atoms with Crippen molar-refractivity contribution in [2.75, 3.05) is 12.0 Å². The van der Waals surface area contributed by atoms with Gasteiger partial charge in [0.1, 0.15) is 11.4 Å². The lowest BCUT2D eigenvalue weighted by Gasteiger charge is -2.48. The fourth-order valence-corrected chi connectivity index (χ4v) is 6.06. The molecular weight excluding hydrogens is 506 g/mol. The van der Waals surface area contributed by atoms with E-state index in [1.54, 1.807) is 7.11 Å². The Morgan fingerprint density at radius 2 is 1.61 bits per heavy atom. The van der Waals surface area contributed by atoms with Crippen LogP contribution < -0.4 is 9.64 Å². The second kappa shape index (κ2) is 11.4. The molecule has 4 aromatic rings. The molecule has 4 nitrogen and oxygen atoms in total. The van der Waals surface area contributed by atoms with Gasteiger partial charge in [-0.1, -0.05) is 79.2 Å². The molecule has 0 radical (unpaired) electrons. The lowest BCUT2D eigenvalue weighted by atomic mass is 9.68. The third-order valence-corrected chi connectivity index (χ3v) is 7.98. The Bertz CT molecular complexity index is 1500. The molecule has 0 amide bonds. The smallest absolute Gasteiger partial charge is 0.338 e. The first kappa shape index (κ1) is 28.5. The van der Waals surface area contributed by atoms with E-state index in [0.717, 1.165) is 30.7 Å². The van der Waals surface area contributed by atoms with Crippen LogP contribution in [0.15, 0.2) is 97.1 Å². The van der Waals surface area contributed by atoms with E-state index < -0.39 is 5.60 Å². The van der Waals surface area contributed by atoms with Crippen LogP contribution in [0.1, 0.15) is 78.3 Å².